The zero-order chi connectivity index (χ0) is 20.3. The predicted octanol–water partition coefficient (Wildman–Crippen LogP) is 4.34. The molecule has 0 amide bonds. The van der Waals surface area contributed by atoms with Crippen molar-refractivity contribution in [2.75, 3.05) is 0 Å². The Morgan fingerprint density at radius 3 is 2.07 bits per heavy atom. The third-order valence-corrected chi connectivity index (χ3v) is 4.54. The van der Waals surface area contributed by atoms with Gasteiger partial charge in [-0.1, -0.05) is 72.3 Å². The van der Waals surface area contributed by atoms with Crippen molar-refractivity contribution in [2.45, 2.75) is 13.3 Å². The van der Waals surface area contributed by atoms with E-state index in [1.807, 2.05) is 25.1 Å². The summed E-state index contributed by atoms with van der Waals surface area (Å²) in [6.45, 7) is 1.84. The van der Waals surface area contributed by atoms with Crippen LogP contribution in [0.4, 0.5) is 0 Å². The molecule has 0 aliphatic heterocycles. The second-order valence-corrected chi connectivity index (χ2v) is 6.46. The summed E-state index contributed by atoms with van der Waals surface area (Å²) in [6.07, 6.45) is -0.515. The van der Waals surface area contributed by atoms with Crippen LogP contribution in [0.25, 0.3) is 16.3 Å². The number of hydrogen-bond donors (Lipinski definition) is 2. The third kappa shape index (κ3) is 3.83. The molecule has 28 heavy (non-hydrogen) atoms. The molecule has 5 heteroatoms. The maximum Gasteiger partial charge on any atom is 0.336 e. The van der Waals surface area contributed by atoms with Crippen LogP contribution in [-0.4, -0.2) is 27.9 Å². The molecule has 0 saturated heterocycles. The van der Waals surface area contributed by atoms with Gasteiger partial charge in [0.05, 0.1) is 11.1 Å². The molecule has 0 aliphatic rings. The summed E-state index contributed by atoms with van der Waals surface area (Å²) >= 11 is 0. The molecule has 0 heterocycles. The number of aryl methyl sites for hydroxylation is 1. The van der Waals surface area contributed by atoms with E-state index < -0.39 is 29.7 Å². The molecule has 0 atom stereocenters. The highest BCUT2D eigenvalue weighted by Crippen LogP contribution is 2.26. The van der Waals surface area contributed by atoms with E-state index in [2.05, 4.69) is 0 Å². The fourth-order valence-electron chi connectivity index (χ4n) is 3.14. The quantitative estimate of drug-likeness (QED) is 0.494. The van der Waals surface area contributed by atoms with E-state index in [4.69, 9.17) is 0 Å². The molecule has 0 aliphatic carbocycles. The number of carbonyl (C=O) groups is 3. The van der Waals surface area contributed by atoms with Crippen LogP contribution in [0.2, 0.25) is 0 Å². The van der Waals surface area contributed by atoms with Crippen LogP contribution in [0.5, 0.6) is 0 Å². The smallest absolute Gasteiger partial charge is 0.336 e. The van der Waals surface area contributed by atoms with Crippen LogP contribution < -0.4 is 0 Å². The van der Waals surface area contributed by atoms with Crippen LogP contribution >= 0.6 is 0 Å². The van der Waals surface area contributed by atoms with Crippen LogP contribution in [0, 0.1) is 6.92 Å². The van der Waals surface area contributed by atoms with Gasteiger partial charge in [0.2, 0.25) is 0 Å². The Bertz CT molecular complexity index is 1100. The third-order valence-electron chi connectivity index (χ3n) is 4.54. The molecule has 0 unspecified atom stereocenters. The number of hydrogen-bond acceptors (Lipinski definition) is 3. The Hall–Kier alpha value is -3.73. The van der Waals surface area contributed by atoms with Crippen LogP contribution in [0.1, 0.15) is 27.9 Å². The summed E-state index contributed by atoms with van der Waals surface area (Å²) in [4.78, 5) is 36.6. The molecular formula is C23H18O5. The molecule has 2 N–H and O–H groups in total. The molecular weight excluding hydrogens is 356 g/mol. The summed E-state index contributed by atoms with van der Waals surface area (Å²) in [7, 11) is 0. The van der Waals surface area contributed by atoms with Gasteiger partial charge >= 0.3 is 11.9 Å². The Morgan fingerprint density at radius 2 is 1.43 bits per heavy atom. The van der Waals surface area contributed by atoms with E-state index in [1.165, 1.54) is 0 Å². The van der Waals surface area contributed by atoms with Crippen LogP contribution in [0.15, 0.2) is 72.3 Å². The summed E-state index contributed by atoms with van der Waals surface area (Å²) in [5.74, 6) is -3.25. The summed E-state index contributed by atoms with van der Waals surface area (Å²) in [5, 5.41) is 20.8. The number of rotatable bonds is 6. The number of fused-ring (bicyclic) bond motifs is 1. The second kappa shape index (κ2) is 7.88. The first-order valence-corrected chi connectivity index (χ1v) is 8.66. The highest BCUT2D eigenvalue weighted by atomic mass is 16.4. The molecule has 0 bridgehead atoms. The highest BCUT2D eigenvalue weighted by Gasteiger charge is 2.25. The van der Waals surface area contributed by atoms with Gasteiger partial charge in [0, 0.05) is 12.0 Å². The fraction of sp³-hybridized carbons (Fsp3) is 0.0870. The lowest BCUT2D eigenvalue weighted by atomic mass is 9.92. The van der Waals surface area contributed by atoms with Crippen molar-refractivity contribution >= 4 is 34.1 Å². The molecule has 140 valence electrons. The largest absolute Gasteiger partial charge is 0.478 e. The first kappa shape index (κ1) is 19.0. The molecule has 0 spiro atoms. The van der Waals surface area contributed by atoms with Crippen molar-refractivity contribution in [3.63, 3.8) is 0 Å². The van der Waals surface area contributed by atoms with Crippen LogP contribution in [0.3, 0.4) is 0 Å². The van der Waals surface area contributed by atoms with Gasteiger partial charge in [0.15, 0.2) is 5.78 Å². The maximum absolute atomic E-state index is 12.9. The number of Topliss-reactive ketones (excluding diaryl/α,β-unsaturated/α-hetero) is 1. The number of carboxylic acids is 2. The lowest BCUT2D eigenvalue weighted by Gasteiger charge is -2.11. The topological polar surface area (TPSA) is 91.7 Å². The zero-order valence-electron chi connectivity index (χ0n) is 15.2. The minimum absolute atomic E-state index is 0.251. The molecule has 0 aromatic heterocycles. The van der Waals surface area contributed by atoms with Gasteiger partial charge in [-0.2, -0.15) is 0 Å². The normalized spacial score (nSPS) is 11.8. The van der Waals surface area contributed by atoms with Crippen LogP contribution in [-0.2, 0) is 9.59 Å². The maximum atomic E-state index is 12.9. The van der Waals surface area contributed by atoms with E-state index in [0.717, 1.165) is 10.9 Å². The molecule has 5 nitrogen and oxygen atoms in total. The average molecular weight is 374 g/mol. The van der Waals surface area contributed by atoms with Gasteiger partial charge in [-0.15, -0.1) is 0 Å². The molecule has 0 radical (unpaired) electrons. The van der Waals surface area contributed by atoms with Gasteiger partial charge in [0.25, 0.3) is 0 Å². The first-order chi connectivity index (χ1) is 13.4. The summed E-state index contributed by atoms with van der Waals surface area (Å²) in [6, 6.07) is 19.0. The monoisotopic (exact) mass is 374 g/mol. The Balaban J connectivity index is 2.09. The highest BCUT2D eigenvalue weighted by molar-refractivity contribution is 6.24. The van der Waals surface area contributed by atoms with E-state index in [0.29, 0.717) is 10.9 Å². The summed E-state index contributed by atoms with van der Waals surface area (Å²) in [5.41, 5.74) is 0.722. The minimum atomic E-state index is -1.42. The van der Waals surface area contributed by atoms with E-state index in [-0.39, 0.29) is 11.1 Å². The fourth-order valence-corrected chi connectivity index (χ4v) is 3.14. The molecule has 3 rings (SSSR count). The Labute approximate surface area is 161 Å². The van der Waals surface area contributed by atoms with Crippen molar-refractivity contribution in [2.24, 2.45) is 0 Å². The lowest BCUT2D eigenvalue weighted by Crippen LogP contribution is -2.14. The van der Waals surface area contributed by atoms with E-state index >= 15 is 0 Å². The first-order valence-electron chi connectivity index (χ1n) is 8.66. The number of carbonyl (C=O) groups excluding carboxylic acids is 1. The van der Waals surface area contributed by atoms with Crippen molar-refractivity contribution in [1.82, 2.24) is 0 Å². The SMILES string of the molecule is Cc1ccc(C(C(=O)O)=C(CC(=O)c2cccc3ccccc23)C(=O)O)cc1. The van der Waals surface area contributed by atoms with Gasteiger partial charge in [-0.25, -0.2) is 9.59 Å². The Morgan fingerprint density at radius 1 is 0.786 bits per heavy atom. The minimum Gasteiger partial charge on any atom is -0.478 e. The van der Waals surface area contributed by atoms with Gasteiger partial charge in [-0.3, -0.25) is 4.79 Å². The molecule has 3 aromatic rings. The molecule has 0 saturated carbocycles. The average Bonchev–Trinajstić information content (AvgIpc) is 2.68. The van der Waals surface area contributed by atoms with Crippen molar-refractivity contribution in [3.05, 3.63) is 89.0 Å². The summed E-state index contributed by atoms with van der Waals surface area (Å²) < 4.78 is 0. The predicted molar refractivity (Wildman–Crippen MR) is 106 cm³/mol. The van der Waals surface area contributed by atoms with Crippen molar-refractivity contribution in [1.29, 1.82) is 0 Å². The second-order valence-electron chi connectivity index (χ2n) is 6.46. The molecule has 0 fully saturated rings. The lowest BCUT2D eigenvalue weighted by molar-refractivity contribution is -0.134. The van der Waals surface area contributed by atoms with Gasteiger partial charge < -0.3 is 10.2 Å². The Kier molecular flexibility index (Phi) is 5.36. The number of ketones is 1. The van der Waals surface area contributed by atoms with Crippen molar-refractivity contribution in [3.8, 4) is 0 Å². The van der Waals surface area contributed by atoms with Crippen molar-refractivity contribution < 1.29 is 24.6 Å². The standard InChI is InChI=1S/C23H18O5/c1-14-9-11-16(12-10-14)21(23(27)28)19(22(25)26)13-20(24)18-8-4-6-15-5-2-3-7-17(15)18/h2-12H,13H2,1H3,(H,25,26)(H,27,28). The number of aliphatic carboxylic acids is 2. The number of benzene rings is 3. The zero-order valence-corrected chi connectivity index (χ0v) is 15.2. The van der Waals surface area contributed by atoms with E-state index in [1.54, 1.807) is 48.5 Å². The molecule has 3 aromatic carbocycles. The number of carboxylic acid groups (broad SMARTS) is 2. The van der Waals surface area contributed by atoms with Gasteiger partial charge in [-0.05, 0) is 23.3 Å². The van der Waals surface area contributed by atoms with E-state index in [9.17, 15) is 24.6 Å². The van der Waals surface area contributed by atoms with Gasteiger partial charge in [0.1, 0.15) is 0 Å².